The first-order chi connectivity index (χ1) is 10.7. The molecule has 1 N–H and O–H groups in total. The first kappa shape index (κ1) is 17.5. The average molecular weight is 338 g/mol. The molecule has 2 atom stereocenters. The van der Waals surface area contributed by atoms with Gasteiger partial charge in [-0.3, -0.25) is 14.3 Å². The highest BCUT2D eigenvalue weighted by atomic mass is 32.2. The van der Waals surface area contributed by atoms with Gasteiger partial charge in [0, 0.05) is 18.7 Å². The molecule has 7 heteroatoms. The molecule has 0 aromatic heterocycles. The van der Waals surface area contributed by atoms with Crippen LogP contribution >= 0.6 is 0 Å². The maximum Gasteiger partial charge on any atom is 0.238 e. The van der Waals surface area contributed by atoms with Crippen molar-refractivity contribution < 1.29 is 18.0 Å². The van der Waals surface area contributed by atoms with Crippen molar-refractivity contribution in [1.29, 1.82) is 0 Å². The molecular formula is C16H22N2O4S. The number of nitrogens with zero attached hydrogens (tertiary/aromatic N) is 1. The second kappa shape index (κ2) is 6.70. The molecule has 0 spiro atoms. The molecule has 0 saturated carbocycles. The van der Waals surface area contributed by atoms with E-state index in [9.17, 15) is 18.0 Å². The van der Waals surface area contributed by atoms with Crippen molar-refractivity contribution in [3.05, 3.63) is 29.8 Å². The second-order valence-corrected chi connectivity index (χ2v) is 7.76. The third-order valence-corrected chi connectivity index (χ3v) is 4.72. The van der Waals surface area contributed by atoms with Crippen LogP contribution in [0.4, 0.5) is 5.69 Å². The monoisotopic (exact) mass is 338 g/mol. The van der Waals surface area contributed by atoms with Gasteiger partial charge in [-0.15, -0.1) is 0 Å². The van der Waals surface area contributed by atoms with E-state index >= 15 is 0 Å². The first-order valence-corrected chi connectivity index (χ1v) is 9.53. The quantitative estimate of drug-likeness (QED) is 0.884. The number of benzene rings is 1. The topological polar surface area (TPSA) is 83.6 Å². The van der Waals surface area contributed by atoms with Crippen LogP contribution in [-0.2, 0) is 19.6 Å². The molecule has 0 unspecified atom stereocenters. The van der Waals surface area contributed by atoms with E-state index in [1.807, 2.05) is 29.0 Å². The van der Waals surface area contributed by atoms with Gasteiger partial charge in [0.2, 0.25) is 21.8 Å². The zero-order chi connectivity index (χ0) is 17.2. The predicted molar refractivity (Wildman–Crippen MR) is 88.6 cm³/mol. The lowest BCUT2D eigenvalue weighted by atomic mass is 9.96. The van der Waals surface area contributed by atoms with Crippen molar-refractivity contribution in [1.82, 2.24) is 4.72 Å². The van der Waals surface area contributed by atoms with Crippen LogP contribution in [0.3, 0.4) is 0 Å². The number of hydrogen-bond acceptors (Lipinski definition) is 4. The Morgan fingerprint density at radius 3 is 2.65 bits per heavy atom. The molecule has 126 valence electrons. The maximum absolute atomic E-state index is 12.3. The summed E-state index contributed by atoms with van der Waals surface area (Å²) in [6.45, 7) is 4.37. The van der Waals surface area contributed by atoms with Crippen LogP contribution in [0.15, 0.2) is 24.3 Å². The van der Waals surface area contributed by atoms with Gasteiger partial charge in [0.15, 0.2) is 0 Å². The lowest BCUT2D eigenvalue weighted by molar-refractivity contribution is -0.124. The molecular weight excluding hydrogens is 316 g/mol. The van der Waals surface area contributed by atoms with Crippen molar-refractivity contribution in [2.75, 3.05) is 17.7 Å². The summed E-state index contributed by atoms with van der Waals surface area (Å²) in [7, 11) is -3.62. The van der Waals surface area contributed by atoms with E-state index in [4.69, 9.17) is 0 Å². The number of anilines is 1. The summed E-state index contributed by atoms with van der Waals surface area (Å²) in [4.78, 5) is 25.9. The van der Waals surface area contributed by atoms with Crippen molar-refractivity contribution in [3.63, 3.8) is 0 Å². The second-order valence-electron chi connectivity index (χ2n) is 6.01. The van der Waals surface area contributed by atoms with Crippen LogP contribution in [0.1, 0.15) is 38.2 Å². The van der Waals surface area contributed by atoms with Gasteiger partial charge in [0.05, 0.1) is 12.2 Å². The third-order valence-electron chi connectivity index (χ3n) is 4.15. The molecule has 0 radical (unpaired) electrons. The van der Waals surface area contributed by atoms with E-state index in [0.717, 1.165) is 23.9 Å². The van der Waals surface area contributed by atoms with E-state index in [0.29, 0.717) is 5.92 Å². The zero-order valence-electron chi connectivity index (χ0n) is 13.6. The lowest BCUT2D eigenvalue weighted by Gasteiger charge is -2.23. The minimum atomic E-state index is -3.62. The largest absolute Gasteiger partial charge is 0.311 e. The molecule has 1 aromatic carbocycles. The first-order valence-electron chi connectivity index (χ1n) is 7.63. The van der Waals surface area contributed by atoms with E-state index in [1.54, 1.807) is 4.90 Å². The lowest BCUT2D eigenvalue weighted by Crippen LogP contribution is -2.36. The zero-order valence-corrected chi connectivity index (χ0v) is 14.4. The molecule has 1 saturated heterocycles. The number of rotatable bonds is 5. The van der Waals surface area contributed by atoms with Gasteiger partial charge in [-0.25, -0.2) is 8.42 Å². The number of sulfonamides is 1. The predicted octanol–water partition coefficient (Wildman–Crippen LogP) is 1.63. The van der Waals surface area contributed by atoms with Gasteiger partial charge in [0.1, 0.15) is 0 Å². The molecule has 23 heavy (non-hydrogen) atoms. The molecule has 1 heterocycles. The van der Waals surface area contributed by atoms with Crippen LogP contribution in [-0.4, -0.2) is 33.0 Å². The molecule has 1 aliphatic heterocycles. The maximum atomic E-state index is 12.3. The molecule has 1 aromatic rings. The molecule has 0 aliphatic carbocycles. The number of carbonyl (C=O) groups excluding carboxylic acids is 2. The van der Waals surface area contributed by atoms with Gasteiger partial charge in [-0.2, -0.15) is 0 Å². The fourth-order valence-electron chi connectivity index (χ4n) is 2.75. The molecule has 2 rings (SSSR count). The highest BCUT2D eigenvalue weighted by Gasteiger charge is 2.37. The Bertz CT molecular complexity index is 715. The van der Waals surface area contributed by atoms with Gasteiger partial charge < -0.3 is 4.90 Å². The van der Waals surface area contributed by atoms with Gasteiger partial charge in [-0.1, -0.05) is 32.0 Å². The Morgan fingerprint density at radius 2 is 2.04 bits per heavy atom. The fraction of sp³-hybridized carbons (Fsp3) is 0.500. The van der Waals surface area contributed by atoms with Gasteiger partial charge in [-0.05, 0) is 24.0 Å². The highest BCUT2D eigenvalue weighted by Crippen LogP contribution is 2.33. The molecule has 1 fully saturated rings. The minimum Gasteiger partial charge on any atom is -0.311 e. The summed E-state index contributed by atoms with van der Waals surface area (Å²) >= 11 is 0. The Balaban J connectivity index is 2.23. The minimum absolute atomic E-state index is 0.0240. The Hall–Kier alpha value is -1.89. The van der Waals surface area contributed by atoms with E-state index < -0.39 is 21.8 Å². The Labute approximate surface area is 136 Å². The summed E-state index contributed by atoms with van der Waals surface area (Å²) in [5.74, 6) is -1.14. The van der Waals surface area contributed by atoms with E-state index in [-0.39, 0.29) is 18.9 Å². The summed E-state index contributed by atoms with van der Waals surface area (Å²) in [5, 5.41) is 0. The van der Waals surface area contributed by atoms with Crippen LogP contribution in [0.2, 0.25) is 0 Å². The fourth-order valence-corrected chi connectivity index (χ4v) is 3.28. The normalized spacial score (nSPS) is 19.7. The summed E-state index contributed by atoms with van der Waals surface area (Å²) in [6.07, 6.45) is 1.89. The molecule has 6 nitrogen and oxygen atoms in total. The van der Waals surface area contributed by atoms with Crippen LogP contribution in [0.5, 0.6) is 0 Å². The smallest absolute Gasteiger partial charge is 0.238 e. The summed E-state index contributed by atoms with van der Waals surface area (Å²) in [6, 6.07) is 7.65. The van der Waals surface area contributed by atoms with Crippen molar-refractivity contribution in [2.24, 2.45) is 5.92 Å². The number of carbonyl (C=O) groups is 2. The third kappa shape index (κ3) is 4.10. The summed E-state index contributed by atoms with van der Waals surface area (Å²) < 4.78 is 24.3. The van der Waals surface area contributed by atoms with Gasteiger partial charge in [0.25, 0.3) is 0 Å². The van der Waals surface area contributed by atoms with Crippen molar-refractivity contribution in [3.8, 4) is 0 Å². The average Bonchev–Trinajstić information content (AvgIpc) is 2.87. The standard InChI is InChI=1S/C16H22N2O4S/c1-4-11(2)13-7-5-6-8-14(13)18-10-12(9-15(18)19)16(20)17-23(3,21)22/h5-8,11-12H,4,9-10H2,1-3H3,(H,17,20)/t11-,12+/m1/s1. The SMILES string of the molecule is CC[C@@H](C)c1ccccc1N1C[C@@H](C(=O)NS(C)(=O)=O)CC1=O. The number of nitrogens with one attached hydrogen (secondary N) is 1. The molecule has 0 bridgehead atoms. The van der Waals surface area contributed by atoms with Crippen LogP contribution < -0.4 is 9.62 Å². The number of para-hydroxylation sites is 1. The summed E-state index contributed by atoms with van der Waals surface area (Å²) in [5.41, 5.74) is 1.87. The van der Waals surface area contributed by atoms with Gasteiger partial charge >= 0.3 is 0 Å². The number of hydrogen-bond donors (Lipinski definition) is 1. The van der Waals surface area contributed by atoms with Crippen molar-refractivity contribution in [2.45, 2.75) is 32.6 Å². The van der Waals surface area contributed by atoms with E-state index in [1.165, 1.54) is 0 Å². The molecule has 1 aliphatic rings. The van der Waals surface area contributed by atoms with Crippen LogP contribution in [0, 0.1) is 5.92 Å². The molecule has 2 amide bonds. The van der Waals surface area contributed by atoms with Crippen LogP contribution in [0.25, 0.3) is 0 Å². The Kier molecular flexibility index (Phi) is 5.09. The Morgan fingerprint density at radius 1 is 1.39 bits per heavy atom. The number of amides is 2. The highest BCUT2D eigenvalue weighted by molar-refractivity contribution is 7.89. The van der Waals surface area contributed by atoms with Crippen molar-refractivity contribution >= 4 is 27.5 Å². The van der Waals surface area contributed by atoms with E-state index in [2.05, 4.69) is 13.8 Å².